The average Bonchev–Trinajstić information content (AvgIpc) is 2.69. The summed E-state index contributed by atoms with van der Waals surface area (Å²) in [7, 11) is 3.24. The summed E-state index contributed by atoms with van der Waals surface area (Å²) in [5.74, 6) is 0.763. The minimum atomic E-state index is -0.439. The maximum absolute atomic E-state index is 12.3. The van der Waals surface area contributed by atoms with Crippen LogP contribution in [0.3, 0.4) is 0 Å². The molecule has 0 fully saturated rings. The quantitative estimate of drug-likeness (QED) is 0.678. The van der Waals surface area contributed by atoms with Crippen LogP contribution in [0.1, 0.15) is 11.3 Å². The van der Waals surface area contributed by atoms with E-state index in [1.165, 1.54) is 11.0 Å². The summed E-state index contributed by atoms with van der Waals surface area (Å²) in [4.78, 5) is 25.2. The number of rotatable bonds is 5. The van der Waals surface area contributed by atoms with E-state index in [-0.39, 0.29) is 12.0 Å². The molecule has 0 N–H and O–H groups in total. The van der Waals surface area contributed by atoms with E-state index < -0.39 is 6.09 Å². The largest absolute Gasteiger partial charge is 0.483 e. The molecule has 6 heteroatoms. The normalized spacial score (nSPS) is 10.4. The molecule has 0 bridgehead atoms. The molecule has 0 atom stereocenters. The van der Waals surface area contributed by atoms with Gasteiger partial charge < -0.3 is 18.9 Å². The van der Waals surface area contributed by atoms with Crippen LogP contribution in [0.25, 0.3) is 5.69 Å². The van der Waals surface area contributed by atoms with Crippen LogP contribution < -0.4 is 14.9 Å². The van der Waals surface area contributed by atoms with Crippen LogP contribution in [0.5, 0.6) is 11.5 Å². The first-order chi connectivity index (χ1) is 13.5. The van der Waals surface area contributed by atoms with Gasteiger partial charge in [0, 0.05) is 32.0 Å². The second kappa shape index (κ2) is 8.43. The summed E-state index contributed by atoms with van der Waals surface area (Å²) in [6.07, 6.45) is 1.30. The first-order valence-corrected chi connectivity index (χ1v) is 8.84. The Kier molecular flexibility index (Phi) is 5.79. The third-order valence-corrected chi connectivity index (χ3v) is 4.20. The SMILES string of the molecule is Cc1c(OCc2ccc(OC(=O)N(C)C)cc2)c(=O)ccn1-c1ccccc1. The number of aromatic nitrogens is 1. The number of benzene rings is 2. The first kappa shape index (κ1) is 19.2. The Morgan fingerprint density at radius 2 is 1.68 bits per heavy atom. The van der Waals surface area contributed by atoms with E-state index in [2.05, 4.69) is 0 Å². The Bertz CT molecular complexity index is 1010. The van der Waals surface area contributed by atoms with Gasteiger partial charge in [0.15, 0.2) is 5.75 Å². The van der Waals surface area contributed by atoms with E-state index in [0.717, 1.165) is 16.9 Å². The Balaban J connectivity index is 1.74. The Morgan fingerprint density at radius 3 is 2.32 bits per heavy atom. The summed E-state index contributed by atoms with van der Waals surface area (Å²) < 4.78 is 12.9. The van der Waals surface area contributed by atoms with Crippen LogP contribution in [-0.2, 0) is 6.61 Å². The highest BCUT2D eigenvalue weighted by atomic mass is 16.6. The van der Waals surface area contributed by atoms with Crippen LogP contribution in [0.2, 0.25) is 0 Å². The predicted molar refractivity (Wildman–Crippen MR) is 107 cm³/mol. The van der Waals surface area contributed by atoms with Gasteiger partial charge in [0.2, 0.25) is 5.43 Å². The Morgan fingerprint density at radius 1 is 1.00 bits per heavy atom. The average molecular weight is 378 g/mol. The minimum Gasteiger partial charge on any atom is -0.483 e. The Hall–Kier alpha value is -3.54. The van der Waals surface area contributed by atoms with Gasteiger partial charge in [-0.2, -0.15) is 0 Å². The van der Waals surface area contributed by atoms with Crippen molar-refractivity contribution in [1.29, 1.82) is 0 Å². The van der Waals surface area contributed by atoms with Crippen molar-refractivity contribution in [3.8, 4) is 17.2 Å². The van der Waals surface area contributed by atoms with Crippen LogP contribution in [0, 0.1) is 6.92 Å². The van der Waals surface area contributed by atoms with Crippen LogP contribution in [0.4, 0.5) is 4.79 Å². The standard InChI is InChI=1S/C22H22N2O4/c1-16-21(20(25)13-14-24(16)18-7-5-4-6-8-18)27-15-17-9-11-19(12-10-17)28-22(26)23(2)3/h4-14H,15H2,1-3H3. The van der Waals surface area contributed by atoms with Crippen molar-refractivity contribution in [3.05, 3.63) is 88.3 Å². The van der Waals surface area contributed by atoms with Gasteiger partial charge in [-0.15, -0.1) is 0 Å². The van der Waals surface area contributed by atoms with Crippen molar-refractivity contribution in [1.82, 2.24) is 9.47 Å². The second-order valence-corrected chi connectivity index (χ2v) is 6.50. The van der Waals surface area contributed by atoms with Gasteiger partial charge in [-0.1, -0.05) is 30.3 Å². The zero-order valence-electron chi connectivity index (χ0n) is 16.1. The molecule has 3 aromatic rings. The van der Waals surface area contributed by atoms with Crippen LogP contribution >= 0.6 is 0 Å². The summed E-state index contributed by atoms with van der Waals surface area (Å²) in [5.41, 5.74) is 2.38. The molecule has 0 saturated carbocycles. The third kappa shape index (κ3) is 4.40. The van der Waals surface area contributed by atoms with Gasteiger partial charge in [0.1, 0.15) is 12.4 Å². The fraction of sp³-hybridized carbons (Fsp3) is 0.182. The molecule has 0 radical (unpaired) electrons. The second-order valence-electron chi connectivity index (χ2n) is 6.50. The summed E-state index contributed by atoms with van der Waals surface area (Å²) >= 11 is 0. The lowest BCUT2D eigenvalue weighted by Gasteiger charge is -2.15. The van der Waals surface area contributed by atoms with Crippen molar-refractivity contribution in [2.45, 2.75) is 13.5 Å². The van der Waals surface area contributed by atoms with Crippen molar-refractivity contribution in [2.24, 2.45) is 0 Å². The molecule has 0 saturated heterocycles. The molecule has 6 nitrogen and oxygen atoms in total. The molecule has 0 aliphatic rings. The number of ether oxygens (including phenoxy) is 2. The molecule has 28 heavy (non-hydrogen) atoms. The number of pyridine rings is 1. The van der Waals surface area contributed by atoms with Crippen LogP contribution in [-0.4, -0.2) is 29.7 Å². The molecule has 1 heterocycles. The molecule has 0 spiro atoms. The van der Waals surface area contributed by atoms with E-state index in [4.69, 9.17) is 9.47 Å². The highest BCUT2D eigenvalue weighted by Gasteiger charge is 2.11. The summed E-state index contributed by atoms with van der Waals surface area (Å²) in [6, 6.07) is 18.2. The number of carbonyl (C=O) groups excluding carboxylic acids is 1. The number of hydrogen-bond donors (Lipinski definition) is 0. The maximum atomic E-state index is 12.3. The lowest BCUT2D eigenvalue weighted by atomic mass is 10.2. The van der Waals surface area contributed by atoms with E-state index in [1.807, 2.05) is 41.8 Å². The van der Waals surface area contributed by atoms with Gasteiger partial charge in [-0.05, 0) is 36.8 Å². The van der Waals surface area contributed by atoms with Gasteiger partial charge in [0.05, 0.1) is 5.69 Å². The fourth-order valence-electron chi connectivity index (χ4n) is 2.66. The molecule has 144 valence electrons. The minimum absolute atomic E-state index is 0.166. The molecule has 0 aliphatic heterocycles. The van der Waals surface area contributed by atoms with Crippen molar-refractivity contribution in [2.75, 3.05) is 14.1 Å². The number of para-hydroxylation sites is 1. The summed E-state index contributed by atoms with van der Waals surface area (Å²) in [6.45, 7) is 2.09. The number of nitrogens with zero attached hydrogens (tertiary/aromatic N) is 2. The Labute approximate surface area is 163 Å². The highest BCUT2D eigenvalue weighted by Crippen LogP contribution is 2.19. The van der Waals surface area contributed by atoms with E-state index in [1.54, 1.807) is 44.6 Å². The molecule has 3 rings (SSSR count). The van der Waals surface area contributed by atoms with E-state index in [0.29, 0.717) is 11.5 Å². The molecule has 1 amide bonds. The monoisotopic (exact) mass is 378 g/mol. The number of hydrogen-bond acceptors (Lipinski definition) is 4. The molecular weight excluding hydrogens is 356 g/mol. The van der Waals surface area contributed by atoms with Crippen LogP contribution in [0.15, 0.2) is 71.7 Å². The first-order valence-electron chi connectivity index (χ1n) is 8.84. The van der Waals surface area contributed by atoms with Crippen molar-refractivity contribution >= 4 is 6.09 Å². The van der Waals surface area contributed by atoms with E-state index in [9.17, 15) is 9.59 Å². The smallest absolute Gasteiger partial charge is 0.414 e. The van der Waals surface area contributed by atoms with Gasteiger partial charge >= 0.3 is 6.09 Å². The predicted octanol–water partition coefficient (Wildman–Crippen LogP) is 3.79. The van der Waals surface area contributed by atoms with Crippen molar-refractivity contribution in [3.63, 3.8) is 0 Å². The topological polar surface area (TPSA) is 60.8 Å². The lowest BCUT2D eigenvalue weighted by molar-refractivity contribution is 0.172. The molecule has 1 aromatic heterocycles. The molecular formula is C22H22N2O4. The number of amides is 1. The number of carbonyl (C=O) groups is 1. The van der Waals surface area contributed by atoms with Gasteiger partial charge in [-0.3, -0.25) is 4.79 Å². The zero-order chi connectivity index (χ0) is 20.1. The fourth-order valence-corrected chi connectivity index (χ4v) is 2.66. The maximum Gasteiger partial charge on any atom is 0.414 e. The highest BCUT2D eigenvalue weighted by molar-refractivity contribution is 5.69. The summed E-state index contributed by atoms with van der Waals surface area (Å²) in [5, 5.41) is 0. The lowest BCUT2D eigenvalue weighted by Crippen LogP contribution is -2.25. The molecule has 2 aromatic carbocycles. The van der Waals surface area contributed by atoms with Crippen molar-refractivity contribution < 1.29 is 14.3 Å². The van der Waals surface area contributed by atoms with E-state index >= 15 is 0 Å². The van der Waals surface area contributed by atoms with Gasteiger partial charge in [0.25, 0.3) is 0 Å². The van der Waals surface area contributed by atoms with Gasteiger partial charge in [-0.25, -0.2) is 4.79 Å². The molecule has 0 unspecified atom stereocenters. The third-order valence-electron chi connectivity index (χ3n) is 4.20. The zero-order valence-corrected chi connectivity index (χ0v) is 16.1. The molecule has 0 aliphatic carbocycles.